The SMILES string of the molecule is CO[C@@H]1C(C(=O)Nc2ccc(N)cc2)O[C@@H](O[C@@H]2C(NC(C)=O)[C@@H](C)OC(CO)[C@H]2O)C(O)[C@H]1O. The van der Waals surface area contributed by atoms with Crippen LogP contribution in [-0.2, 0) is 28.5 Å². The van der Waals surface area contributed by atoms with Gasteiger partial charge in [-0.05, 0) is 31.2 Å². The van der Waals surface area contributed by atoms with Crippen LogP contribution in [0, 0.1) is 0 Å². The van der Waals surface area contributed by atoms with Crippen molar-refractivity contribution in [3.8, 4) is 0 Å². The number of methoxy groups -OCH3 is 1. The molecule has 3 rings (SSSR count). The highest BCUT2D eigenvalue weighted by Crippen LogP contribution is 2.30. The number of nitrogens with two attached hydrogens (primary N) is 1. The lowest BCUT2D eigenvalue weighted by molar-refractivity contribution is -0.325. The lowest BCUT2D eigenvalue weighted by atomic mass is 9.92. The maximum atomic E-state index is 13.0. The van der Waals surface area contributed by atoms with Crippen molar-refractivity contribution in [2.24, 2.45) is 0 Å². The number of hydrogen-bond donors (Lipinski definition) is 7. The molecule has 0 saturated carbocycles. The number of amides is 2. The van der Waals surface area contributed by atoms with Crippen LogP contribution in [0.25, 0.3) is 0 Å². The van der Waals surface area contributed by atoms with Gasteiger partial charge in [0.2, 0.25) is 5.91 Å². The van der Waals surface area contributed by atoms with Crippen LogP contribution in [0.1, 0.15) is 13.8 Å². The first kappa shape index (κ1) is 27.2. The van der Waals surface area contributed by atoms with E-state index in [-0.39, 0.29) is 0 Å². The summed E-state index contributed by atoms with van der Waals surface area (Å²) in [6.45, 7) is 2.35. The molecule has 0 aliphatic carbocycles. The summed E-state index contributed by atoms with van der Waals surface area (Å²) in [6.07, 6.45) is -11.9. The fourth-order valence-electron chi connectivity index (χ4n) is 4.24. The van der Waals surface area contributed by atoms with Gasteiger partial charge < -0.3 is 55.7 Å². The summed E-state index contributed by atoms with van der Waals surface area (Å²) >= 11 is 0. The summed E-state index contributed by atoms with van der Waals surface area (Å²) in [6, 6.07) is 5.43. The van der Waals surface area contributed by atoms with Crippen LogP contribution < -0.4 is 16.4 Å². The van der Waals surface area contributed by atoms with Crippen molar-refractivity contribution >= 4 is 23.2 Å². The van der Waals surface area contributed by atoms with Crippen molar-refractivity contribution in [1.29, 1.82) is 0 Å². The van der Waals surface area contributed by atoms with Crippen molar-refractivity contribution in [3.63, 3.8) is 0 Å². The van der Waals surface area contributed by atoms with Gasteiger partial charge in [-0.15, -0.1) is 0 Å². The minimum absolute atomic E-state index is 0.408. The molecule has 2 fully saturated rings. The van der Waals surface area contributed by atoms with E-state index in [0.717, 1.165) is 0 Å². The van der Waals surface area contributed by atoms with Gasteiger partial charge in [-0.2, -0.15) is 0 Å². The Morgan fingerprint density at radius 1 is 1.06 bits per heavy atom. The molecular formula is C22H33N3O10. The van der Waals surface area contributed by atoms with Crippen LogP contribution in [-0.4, -0.2) is 107 Å². The Balaban J connectivity index is 1.83. The van der Waals surface area contributed by atoms with Gasteiger partial charge in [0.15, 0.2) is 12.4 Å². The summed E-state index contributed by atoms with van der Waals surface area (Å²) in [5.41, 5.74) is 6.57. The van der Waals surface area contributed by atoms with Gasteiger partial charge in [-0.1, -0.05) is 0 Å². The molecule has 196 valence electrons. The van der Waals surface area contributed by atoms with Crippen molar-refractivity contribution < 1.29 is 49.0 Å². The highest BCUT2D eigenvalue weighted by Gasteiger charge is 2.52. The molecule has 1 aromatic carbocycles. The van der Waals surface area contributed by atoms with E-state index in [1.54, 1.807) is 31.2 Å². The van der Waals surface area contributed by atoms with E-state index >= 15 is 0 Å². The molecule has 35 heavy (non-hydrogen) atoms. The molecule has 8 N–H and O–H groups in total. The average molecular weight is 500 g/mol. The molecule has 2 aliphatic rings. The fourth-order valence-corrected chi connectivity index (χ4v) is 4.24. The number of benzene rings is 1. The zero-order valence-electron chi connectivity index (χ0n) is 19.6. The van der Waals surface area contributed by atoms with Crippen LogP contribution in [0.3, 0.4) is 0 Å². The number of ether oxygens (including phenoxy) is 4. The smallest absolute Gasteiger partial charge is 0.256 e. The zero-order valence-corrected chi connectivity index (χ0v) is 19.6. The number of anilines is 2. The molecular weight excluding hydrogens is 466 g/mol. The lowest BCUT2D eigenvalue weighted by Crippen LogP contribution is -2.67. The summed E-state index contributed by atoms with van der Waals surface area (Å²) in [7, 11) is 1.25. The molecule has 2 amide bonds. The molecule has 13 nitrogen and oxygen atoms in total. The predicted octanol–water partition coefficient (Wildman–Crippen LogP) is -2.30. The summed E-state index contributed by atoms with van der Waals surface area (Å²) in [5.74, 6) is -1.12. The van der Waals surface area contributed by atoms with Gasteiger partial charge in [-0.3, -0.25) is 9.59 Å². The van der Waals surface area contributed by atoms with E-state index in [0.29, 0.717) is 11.4 Å². The normalized spacial score (nSPS) is 37.5. The molecule has 0 radical (unpaired) electrons. The summed E-state index contributed by atoms with van der Waals surface area (Å²) in [4.78, 5) is 24.7. The van der Waals surface area contributed by atoms with Crippen LogP contribution >= 0.6 is 0 Å². The average Bonchev–Trinajstić information content (AvgIpc) is 2.82. The molecule has 0 spiro atoms. The minimum atomic E-state index is -1.67. The van der Waals surface area contributed by atoms with Crippen molar-refractivity contribution in [1.82, 2.24) is 5.32 Å². The maximum Gasteiger partial charge on any atom is 0.256 e. The van der Waals surface area contributed by atoms with E-state index < -0.39 is 79.6 Å². The number of nitrogen functional groups attached to an aromatic ring is 1. The minimum Gasteiger partial charge on any atom is -0.399 e. The first-order valence-electron chi connectivity index (χ1n) is 11.1. The van der Waals surface area contributed by atoms with Gasteiger partial charge in [-0.25, -0.2) is 0 Å². The monoisotopic (exact) mass is 499 g/mol. The number of rotatable bonds is 7. The quantitative estimate of drug-likeness (QED) is 0.199. The zero-order chi connectivity index (χ0) is 25.9. The molecule has 2 saturated heterocycles. The topological polar surface area (TPSA) is 202 Å². The highest BCUT2D eigenvalue weighted by molar-refractivity contribution is 5.95. The number of aliphatic hydroxyl groups is 4. The molecule has 2 heterocycles. The molecule has 1 aromatic rings. The second-order valence-electron chi connectivity index (χ2n) is 8.60. The Morgan fingerprint density at radius 3 is 2.29 bits per heavy atom. The Labute approximate surface area is 202 Å². The van der Waals surface area contributed by atoms with Crippen LogP contribution in [0.4, 0.5) is 11.4 Å². The van der Waals surface area contributed by atoms with E-state index in [1.165, 1.54) is 14.0 Å². The number of carbonyl (C=O) groups is 2. The number of aliphatic hydroxyl groups excluding tert-OH is 4. The molecule has 0 aromatic heterocycles. The third-order valence-electron chi connectivity index (χ3n) is 6.06. The molecule has 10 atom stereocenters. The van der Waals surface area contributed by atoms with Crippen molar-refractivity contribution in [2.75, 3.05) is 24.8 Å². The largest absolute Gasteiger partial charge is 0.399 e. The lowest BCUT2D eigenvalue weighted by Gasteiger charge is -2.47. The van der Waals surface area contributed by atoms with Gasteiger partial charge in [0.25, 0.3) is 5.91 Å². The molecule has 2 aliphatic heterocycles. The predicted molar refractivity (Wildman–Crippen MR) is 121 cm³/mol. The van der Waals surface area contributed by atoms with Crippen molar-refractivity contribution in [3.05, 3.63) is 24.3 Å². The number of hydrogen-bond acceptors (Lipinski definition) is 11. The van der Waals surface area contributed by atoms with Gasteiger partial charge in [0.05, 0.1) is 18.8 Å². The number of nitrogens with one attached hydrogen (secondary N) is 2. The van der Waals surface area contributed by atoms with Gasteiger partial charge >= 0.3 is 0 Å². The van der Waals surface area contributed by atoms with E-state index in [1.807, 2.05) is 0 Å². The second kappa shape index (κ2) is 11.6. The van der Waals surface area contributed by atoms with Gasteiger partial charge in [0, 0.05) is 25.4 Å². The molecule has 4 unspecified atom stereocenters. The van der Waals surface area contributed by atoms with E-state index in [2.05, 4.69) is 10.6 Å². The standard InChI is InChI=1S/C22H33N3O10/c1-9-14(24-10(2)27)18(15(28)13(8-26)33-9)34-22-17(30)16(29)19(32-3)20(35-22)21(31)25-12-6-4-11(23)5-7-12/h4-7,9,13-20,22,26,28-30H,8,23H2,1-3H3,(H,24,27)(H,25,31)/t9-,13?,14?,15-,16-,17?,18-,19+,20?,22-/m1/s1. The van der Waals surface area contributed by atoms with Gasteiger partial charge in [0.1, 0.15) is 36.6 Å². The van der Waals surface area contributed by atoms with Crippen molar-refractivity contribution in [2.45, 2.75) is 75.0 Å². The first-order valence-corrected chi connectivity index (χ1v) is 11.1. The summed E-state index contributed by atoms with van der Waals surface area (Å²) < 4.78 is 22.3. The molecule has 0 bridgehead atoms. The second-order valence-corrected chi connectivity index (χ2v) is 8.60. The first-order chi connectivity index (χ1) is 16.6. The van der Waals surface area contributed by atoms with Crippen LogP contribution in [0.5, 0.6) is 0 Å². The Hall–Kier alpha value is -2.36. The molecule has 13 heteroatoms. The Kier molecular flexibility index (Phi) is 9.01. The van der Waals surface area contributed by atoms with Crippen LogP contribution in [0.15, 0.2) is 24.3 Å². The fraction of sp³-hybridized carbons (Fsp3) is 0.636. The summed E-state index contributed by atoms with van der Waals surface area (Å²) in [5, 5.41) is 46.9. The maximum absolute atomic E-state index is 13.0. The van der Waals surface area contributed by atoms with E-state index in [9.17, 15) is 30.0 Å². The Bertz CT molecular complexity index is 872. The number of carbonyl (C=O) groups excluding carboxylic acids is 2. The Morgan fingerprint density at radius 2 is 1.71 bits per heavy atom. The van der Waals surface area contributed by atoms with E-state index in [4.69, 9.17) is 24.7 Å². The third kappa shape index (κ3) is 6.08. The third-order valence-corrected chi connectivity index (χ3v) is 6.06. The highest BCUT2D eigenvalue weighted by atomic mass is 16.7. The van der Waals surface area contributed by atoms with Crippen LogP contribution in [0.2, 0.25) is 0 Å².